The maximum absolute atomic E-state index is 12.6. The highest BCUT2D eigenvalue weighted by Crippen LogP contribution is 2.25. The molecule has 5 nitrogen and oxygen atoms in total. The van der Waals surface area contributed by atoms with Gasteiger partial charge in [0, 0.05) is 48.8 Å². The van der Waals surface area contributed by atoms with E-state index < -0.39 is 0 Å². The molecule has 5 heteroatoms. The van der Waals surface area contributed by atoms with Crippen LogP contribution in [-0.4, -0.2) is 22.9 Å². The van der Waals surface area contributed by atoms with Gasteiger partial charge in [-0.2, -0.15) is 0 Å². The minimum absolute atomic E-state index is 0.00234. The van der Waals surface area contributed by atoms with E-state index in [1.165, 1.54) is 16.6 Å². The van der Waals surface area contributed by atoms with Gasteiger partial charge in [0.1, 0.15) is 0 Å². The average molecular weight is 361 g/mol. The molecule has 0 radical (unpaired) electrons. The van der Waals surface area contributed by atoms with Gasteiger partial charge in [-0.05, 0) is 42.8 Å². The first-order valence-corrected chi connectivity index (χ1v) is 9.21. The van der Waals surface area contributed by atoms with Gasteiger partial charge in [-0.15, -0.1) is 0 Å². The summed E-state index contributed by atoms with van der Waals surface area (Å²) in [6, 6.07) is 17.9. The Morgan fingerprint density at radius 1 is 1.15 bits per heavy atom. The minimum Gasteiger partial charge on any atom is -0.352 e. The normalized spacial score (nSPS) is 16.9. The monoisotopic (exact) mass is 361 g/mol. The Morgan fingerprint density at radius 3 is 2.70 bits per heavy atom. The van der Waals surface area contributed by atoms with Crippen LogP contribution in [0.3, 0.4) is 0 Å². The molecule has 0 bridgehead atoms. The maximum atomic E-state index is 12.6. The number of carbonyl (C=O) groups excluding carboxylic acids is 2. The highest BCUT2D eigenvalue weighted by atomic mass is 16.2. The molecule has 1 aliphatic heterocycles. The molecule has 2 aromatic carbocycles. The Bertz CT molecular complexity index is 1010. The van der Waals surface area contributed by atoms with Gasteiger partial charge >= 0.3 is 0 Å². The quantitative estimate of drug-likeness (QED) is 0.776. The maximum Gasteiger partial charge on any atom is 0.227 e. The van der Waals surface area contributed by atoms with Crippen LogP contribution < -0.4 is 10.2 Å². The van der Waals surface area contributed by atoms with E-state index in [0.29, 0.717) is 13.1 Å². The van der Waals surface area contributed by atoms with Gasteiger partial charge in [0.2, 0.25) is 11.8 Å². The molecule has 27 heavy (non-hydrogen) atoms. The molecular weight excluding hydrogens is 338 g/mol. The number of benzene rings is 2. The highest BCUT2D eigenvalue weighted by Gasteiger charge is 2.34. The molecule has 1 fully saturated rings. The van der Waals surface area contributed by atoms with Crippen molar-refractivity contribution in [2.24, 2.45) is 13.0 Å². The molecule has 1 aliphatic rings. The van der Waals surface area contributed by atoms with Crippen molar-refractivity contribution in [3.63, 3.8) is 0 Å². The van der Waals surface area contributed by atoms with Crippen LogP contribution >= 0.6 is 0 Å². The van der Waals surface area contributed by atoms with Crippen molar-refractivity contribution in [2.75, 3.05) is 11.4 Å². The third-order valence-electron chi connectivity index (χ3n) is 5.38. The van der Waals surface area contributed by atoms with E-state index >= 15 is 0 Å². The fourth-order valence-electron chi connectivity index (χ4n) is 3.72. The summed E-state index contributed by atoms with van der Waals surface area (Å²) in [6.45, 7) is 2.99. The van der Waals surface area contributed by atoms with Crippen molar-refractivity contribution in [2.45, 2.75) is 19.9 Å². The Morgan fingerprint density at radius 2 is 1.93 bits per heavy atom. The zero-order chi connectivity index (χ0) is 19.0. The van der Waals surface area contributed by atoms with Crippen molar-refractivity contribution in [1.29, 1.82) is 0 Å². The second-order valence-corrected chi connectivity index (χ2v) is 7.20. The first-order valence-electron chi connectivity index (χ1n) is 9.21. The smallest absolute Gasteiger partial charge is 0.227 e. The van der Waals surface area contributed by atoms with Gasteiger partial charge in [-0.3, -0.25) is 9.59 Å². The minimum atomic E-state index is -0.305. The predicted octanol–water partition coefficient (Wildman–Crippen LogP) is 3.16. The molecule has 138 valence electrons. The van der Waals surface area contributed by atoms with E-state index in [0.717, 1.165) is 11.3 Å². The van der Waals surface area contributed by atoms with Gasteiger partial charge in [0.15, 0.2) is 0 Å². The third kappa shape index (κ3) is 3.33. The number of anilines is 1. The Balaban J connectivity index is 1.40. The van der Waals surface area contributed by atoms with Crippen LogP contribution in [0.25, 0.3) is 10.9 Å². The molecule has 4 rings (SSSR count). The van der Waals surface area contributed by atoms with Gasteiger partial charge < -0.3 is 14.8 Å². The number of nitrogens with one attached hydrogen (secondary N) is 1. The number of amides is 2. The lowest BCUT2D eigenvalue weighted by Gasteiger charge is -2.16. The molecule has 1 atom stereocenters. The fraction of sp³-hybridized carbons (Fsp3) is 0.273. The summed E-state index contributed by atoms with van der Waals surface area (Å²) in [5.74, 6) is -0.367. The van der Waals surface area contributed by atoms with Crippen LogP contribution in [0.1, 0.15) is 17.7 Å². The molecule has 1 N–H and O–H groups in total. The van der Waals surface area contributed by atoms with Gasteiger partial charge in [-0.25, -0.2) is 0 Å². The zero-order valence-electron chi connectivity index (χ0n) is 15.6. The Labute approximate surface area is 158 Å². The number of aryl methyl sites for hydroxylation is 2. The van der Waals surface area contributed by atoms with Gasteiger partial charge in [0.05, 0.1) is 5.92 Å². The van der Waals surface area contributed by atoms with Gasteiger partial charge in [0.25, 0.3) is 0 Å². The summed E-state index contributed by atoms with van der Waals surface area (Å²) >= 11 is 0. The highest BCUT2D eigenvalue weighted by molar-refractivity contribution is 6.00. The number of hydrogen-bond acceptors (Lipinski definition) is 2. The summed E-state index contributed by atoms with van der Waals surface area (Å²) in [5, 5.41) is 4.17. The molecule has 2 amide bonds. The van der Waals surface area contributed by atoms with Crippen molar-refractivity contribution in [3.05, 3.63) is 65.9 Å². The molecule has 3 aromatic rings. The van der Waals surface area contributed by atoms with E-state index in [4.69, 9.17) is 0 Å². The van der Waals surface area contributed by atoms with Gasteiger partial charge in [-0.1, -0.05) is 24.3 Å². The number of hydrogen-bond donors (Lipinski definition) is 1. The summed E-state index contributed by atoms with van der Waals surface area (Å²) in [5.41, 5.74) is 4.30. The van der Waals surface area contributed by atoms with E-state index in [1.807, 2.05) is 36.4 Å². The number of carbonyl (C=O) groups is 2. The summed E-state index contributed by atoms with van der Waals surface area (Å²) < 4.78 is 2.15. The van der Waals surface area contributed by atoms with Crippen molar-refractivity contribution >= 4 is 28.4 Å². The Kier molecular flexibility index (Phi) is 4.44. The van der Waals surface area contributed by atoms with Crippen LogP contribution in [0, 0.1) is 12.8 Å². The van der Waals surface area contributed by atoms with Crippen LogP contribution in [0.15, 0.2) is 54.6 Å². The lowest BCUT2D eigenvalue weighted by atomic mass is 10.1. The van der Waals surface area contributed by atoms with E-state index in [1.54, 1.807) is 4.90 Å². The number of aromatic nitrogens is 1. The largest absolute Gasteiger partial charge is 0.352 e. The molecule has 1 aromatic heterocycles. The molecule has 0 saturated carbocycles. The number of para-hydroxylation sites is 1. The van der Waals surface area contributed by atoms with E-state index in [2.05, 4.69) is 42.1 Å². The first kappa shape index (κ1) is 17.3. The Hall–Kier alpha value is -3.08. The zero-order valence-corrected chi connectivity index (χ0v) is 15.6. The van der Waals surface area contributed by atoms with Crippen molar-refractivity contribution in [3.8, 4) is 0 Å². The molecule has 1 unspecified atom stereocenters. The topological polar surface area (TPSA) is 54.3 Å². The van der Waals surface area contributed by atoms with Crippen molar-refractivity contribution < 1.29 is 9.59 Å². The average Bonchev–Trinajstić information content (AvgIpc) is 3.20. The molecule has 2 heterocycles. The summed E-state index contributed by atoms with van der Waals surface area (Å²) in [4.78, 5) is 26.6. The fourth-order valence-corrected chi connectivity index (χ4v) is 3.72. The second-order valence-electron chi connectivity index (χ2n) is 7.20. The molecular formula is C22H23N3O2. The first-order chi connectivity index (χ1) is 13.0. The molecule has 0 spiro atoms. The number of fused-ring (bicyclic) bond motifs is 1. The van der Waals surface area contributed by atoms with E-state index in [9.17, 15) is 9.59 Å². The molecule has 0 aliphatic carbocycles. The predicted molar refractivity (Wildman–Crippen MR) is 106 cm³/mol. The summed E-state index contributed by atoms with van der Waals surface area (Å²) in [6.07, 6.45) is 0.262. The molecule has 1 saturated heterocycles. The van der Waals surface area contributed by atoms with E-state index in [-0.39, 0.29) is 24.2 Å². The number of nitrogens with zero attached hydrogens (tertiary/aromatic N) is 2. The van der Waals surface area contributed by atoms with Crippen LogP contribution in [0.2, 0.25) is 0 Å². The number of rotatable bonds is 4. The van der Waals surface area contributed by atoms with Crippen LogP contribution in [0.5, 0.6) is 0 Å². The lowest BCUT2D eigenvalue weighted by Crippen LogP contribution is -2.32. The third-order valence-corrected chi connectivity index (χ3v) is 5.38. The van der Waals surface area contributed by atoms with Crippen LogP contribution in [-0.2, 0) is 23.2 Å². The van der Waals surface area contributed by atoms with Crippen LogP contribution in [0.4, 0.5) is 5.69 Å². The lowest BCUT2D eigenvalue weighted by molar-refractivity contribution is -0.126. The SMILES string of the molecule is Cc1cc2cc(CNC(=O)C3CC(=O)N(c4ccccc4)C3)ccc2n1C. The summed E-state index contributed by atoms with van der Waals surface area (Å²) in [7, 11) is 2.05. The second kappa shape index (κ2) is 6.91. The standard InChI is InChI=1S/C22H23N3O2/c1-15-10-17-11-16(8-9-20(17)24(15)2)13-23-22(27)18-12-21(26)25(14-18)19-6-4-3-5-7-19/h3-11,18H,12-14H2,1-2H3,(H,23,27). The van der Waals surface area contributed by atoms with Crippen molar-refractivity contribution in [1.82, 2.24) is 9.88 Å².